The highest BCUT2D eigenvalue weighted by Crippen LogP contribution is 2.21. The SMILES string of the molecule is CN=C(NCCCc1nn(-c2ccc(F)cc2)c(N)c1C#N)NCCOCCC(C)C. The summed E-state index contributed by atoms with van der Waals surface area (Å²) < 4.78 is 20.2. The van der Waals surface area contributed by atoms with E-state index in [1.807, 2.05) is 0 Å². The summed E-state index contributed by atoms with van der Waals surface area (Å²) in [6.07, 6.45) is 2.36. The normalized spacial score (nSPS) is 11.5. The molecular weight excluding hydrogens is 397 g/mol. The molecule has 0 fully saturated rings. The summed E-state index contributed by atoms with van der Waals surface area (Å²) in [5, 5.41) is 20.4. The number of benzene rings is 1. The van der Waals surface area contributed by atoms with Gasteiger partial charge in [0.25, 0.3) is 0 Å². The number of aryl methyl sites for hydroxylation is 1. The molecule has 0 spiro atoms. The maximum absolute atomic E-state index is 13.2. The van der Waals surface area contributed by atoms with Gasteiger partial charge in [0, 0.05) is 26.7 Å². The van der Waals surface area contributed by atoms with Crippen LogP contribution >= 0.6 is 0 Å². The lowest BCUT2D eigenvalue weighted by molar-refractivity contribution is 0.128. The van der Waals surface area contributed by atoms with Crippen LogP contribution in [-0.4, -0.2) is 49.1 Å². The number of nitrogens with zero attached hydrogens (tertiary/aromatic N) is 4. The maximum Gasteiger partial charge on any atom is 0.191 e. The summed E-state index contributed by atoms with van der Waals surface area (Å²) in [7, 11) is 1.72. The number of hydrogen-bond donors (Lipinski definition) is 3. The first-order valence-electron chi connectivity index (χ1n) is 10.5. The van der Waals surface area contributed by atoms with Crippen molar-refractivity contribution in [3.05, 3.63) is 41.3 Å². The Bertz CT molecular complexity index is 884. The smallest absolute Gasteiger partial charge is 0.191 e. The Labute approximate surface area is 183 Å². The molecule has 0 unspecified atom stereocenters. The van der Waals surface area contributed by atoms with E-state index in [-0.39, 0.29) is 11.6 Å². The summed E-state index contributed by atoms with van der Waals surface area (Å²) in [6.45, 7) is 7.07. The van der Waals surface area contributed by atoms with E-state index in [1.54, 1.807) is 19.2 Å². The van der Waals surface area contributed by atoms with E-state index in [0.717, 1.165) is 19.4 Å². The number of nitrogens with one attached hydrogen (secondary N) is 2. The number of nitriles is 1. The van der Waals surface area contributed by atoms with Crippen LogP contribution in [0.2, 0.25) is 0 Å². The zero-order chi connectivity index (χ0) is 22.6. The zero-order valence-electron chi connectivity index (χ0n) is 18.5. The van der Waals surface area contributed by atoms with Gasteiger partial charge < -0.3 is 21.1 Å². The van der Waals surface area contributed by atoms with Gasteiger partial charge in [-0.3, -0.25) is 4.99 Å². The van der Waals surface area contributed by atoms with Crippen molar-refractivity contribution in [3.63, 3.8) is 0 Å². The second-order valence-electron chi connectivity index (χ2n) is 7.53. The predicted molar refractivity (Wildman–Crippen MR) is 121 cm³/mol. The largest absolute Gasteiger partial charge is 0.382 e. The van der Waals surface area contributed by atoms with Crippen molar-refractivity contribution in [2.75, 3.05) is 39.1 Å². The van der Waals surface area contributed by atoms with Crippen molar-refractivity contribution in [2.45, 2.75) is 33.1 Å². The number of anilines is 1. The Morgan fingerprint density at radius 1 is 1.26 bits per heavy atom. The zero-order valence-corrected chi connectivity index (χ0v) is 18.5. The van der Waals surface area contributed by atoms with Crippen LogP contribution in [0.1, 0.15) is 37.9 Å². The summed E-state index contributed by atoms with van der Waals surface area (Å²) >= 11 is 0. The van der Waals surface area contributed by atoms with Gasteiger partial charge in [-0.15, -0.1) is 0 Å². The molecule has 2 aromatic rings. The van der Waals surface area contributed by atoms with Crippen molar-refractivity contribution in [2.24, 2.45) is 10.9 Å². The van der Waals surface area contributed by atoms with Gasteiger partial charge in [-0.25, -0.2) is 9.07 Å². The van der Waals surface area contributed by atoms with Gasteiger partial charge in [0.15, 0.2) is 5.96 Å². The number of nitrogen functional groups attached to an aromatic ring is 1. The highest BCUT2D eigenvalue weighted by atomic mass is 19.1. The van der Waals surface area contributed by atoms with E-state index in [2.05, 4.69) is 40.6 Å². The molecule has 168 valence electrons. The summed E-state index contributed by atoms with van der Waals surface area (Å²) in [5.41, 5.74) is 7.67. The molecule has 31 heavy (non-hydrogen) atoms. The molecular formula is C22H32FN7O. The Morgan fingerprint density at radius 3 is 2.61 bits per heavy atom. The molecule has 0 atom stereocenters. The molecule has 1 aromatic heterocycles. The Kier molecular flexibility index (Phi) is 9.78. The number of aliphatic imine (C=N–C) groups is 1. The summed E-state index contributed by atoms with van der Waals surface area (Å²) in [6, 6.07) is 7.95. The van der Waals surface area contributed by atoms with Crippen LogP contribution in [-0.2, 0) is 11.2 Å². The number of guanidine groups is 1. The molecule has 0 aliphatic heterocycles. The van der Waals surface area contributed by atoms with Crippen LogP contribution in [0.5, 0.6) is 0 Å². The van der Waals surface area contributed by atoms with Crippen molar-refractivity contribution < 1.29 is 9.13 Å². The molecule has 4 N–H and O–H groups in total. The first-order valence-corrected chi connectivity index (χ1v) is 10.5. The predicted octanol–water partition coefficient (Wildman–Crippen LogP) is 2.63. The fraction of sp³-hybridized carbons (Fsp3) is 0.500. The molecule has 0 aliphatic rings. The molecule has 0 amide bonds. The molecule has 1 heterocycles. The lowest BCUT2D eigenvalue weighted by Crippen LogP contribution is -2.39. The lowest BCUT2D eigenvalue weighted by atomic mass is 10.1. The van der Waals surface area contributed by atoms with Crippen LogP contribution in [0.25, 0.3) is 5.69 Å². The minimum atomic E-state index is -0.342. The van der Waals surface area contributed by atoms with Crippen molar-refractivity contribution in [3.8, 4) is 11.8 Å². The van der Waals surface area contributed by atoms with Crippen molar-refractivity contribution in [1.29, 1.82) is 5.26 Å². The average Bonchev–Trinajstić information content (AvgIpc) is 3.07. The van der Waals surface area contributed by atoms with Crippen molar-refractivity contribution in [1.82, 2.24) is 20.4 Å². The van der Waals surface area contributed by atoms with Gasteiger partial charge in [-0.1, -0.05) is 13.8 Å². The molecule has 0 saturated carbocycles. The summed E-state index contributed by atoms with van der Waals surface area (Å²) in [4.78, 5) is 4.19. The van der Waals surface area contributed by atoms with Crippen LogP contribution in [0.4, 0.5) is 10.2 Å². The van der Waals surface area contributed by atoms with Gasteiger partial charge in [0.05, 0.1) is 18.0 Å². The Hall–Kier alpha value is -3.12. The van der Waals surface area contributed by atoms with Gasteiger partial charge in [-0.2, -0.15) is 10.4 Å². The minimum Gasteiger partial charge on any atom is -0.382 e. The molecule has 0 saturated heterocycles. The van der Waals surface area contributed by atoms with Crippen LogP contribution < -0.4 is 16.4 Å². The first-order chi connectivity index (χ1) is 15.0. The topological polar surface area (TPSA) is 113 Å². The molecule has 8 nitrogen and oxygen atoms in total. The van der Waals surface area contributed by atoms with Crippen LogP contribution in [0.15, 0.2) is 29.3 Å². The maximum atomic E-state index is 13.2. The highest BCUT2D eigenvalue weighted by molar-refractivity contribution is 5.79. The summed E-state index contributed by atoms with van der Waals surface area (Å²) in [5.74, 6) is 1.25. The van der Waals surface area contributed by atoms with Crippen molar-refractivity contribution >= 4 is 11.8 Å². The van der Waals surface area contributed by atoms with E-state index >= 15 is 0 Å². The number of halogens is 1. The molecule has 9 heteroatoms. The van der Waals surface area contributed by atoms with E-state index in [1.165, 1.54) is 16.8 Å². The third-order valence-electron chi connectivity index (χ3n) is 4.66. The Balaban J connectivity index is 1.80. The highest BCUT2D eigenvalue weighted by Gasteiger charge is 2.16. The number of ether oxygens (including phenoxy) is 1. The second kappa shape index (κ2) is 12.5. The molecule has 2 rings (SSSR count). The molecule has 0 bridgehead atoms. The number of nitrogens with two attached hydrogens (primary N) is 1. The third-order valence-corrected chi connectivity index (χ3v) is 4.66. The minimum absolute atomic E-state index is 0.256. The van der Waals surface area contributed by atoms with Gasteiger partial charge >= 0.3 is 0 Å². The van der Waals surface area contributed by atoms with E-state index in [4.69, 9.17) is 10.5 Å². The second-order valence-corrected chi connectivity index (χ2v) is 7.53. The monoisotopic (exact) mass is 429 g/mol. The number of hydrogen-bond acceptors (Lipinski definition) is 5. The number of rotatable bonds is 11. The standard InChI is InChI=1S/C22H32FN7O/c1-16(2)10-13-31-14-12-28-22(26-3)27-11-4-5-20-19(15-24)21(25)30(29-20)18-8-6-17(23)7-9-18/h6-9,16H,4-5,10-14,25H2,1-3H3,(H2,26,27,28). The molecule has 0 aliphatic carbocycles. The van der Waals surface area contributed by atoms with E-state index in [9.17, 15) is 9.65 Å². The molecule has 1 aromatic carbocycles. The van der Waals surface area contributed by atoms with Crippen LogP contribution in [0.3, 0.4) is 0 Å². The van der Waals surface area contributed by atoms with Crippen LogP contribution in [0, 0.1) is 23.1 Å². The Morgan fingerprint density at radius 2 is 1.97 bits per heavy atom. The third kappa shape index (κ3) is 7.57. The molecule has 0 radical (unpaired) electrons. The average molecular weight is 430 g/mol. The van der Waals surface area contributed by atoms with Gasteiger partial charge in [-0.05, 0) is 49.4 Å². The van der Waals surface area contributed by atoms with E-state index < -0.39 is 0 Å². The van der Waals surface area contributed by atoms with E-state index in [0.29, 0.717) is 54.9 Å². The fourth-order valence-corrected chi connectivity index (χ4v) is 2.90. The fourth-order valence-electron chi connectivity index (χ4n) is 2.90. The lowest BCUT2D eigenvalue weighted by Gasteiger charge is -2.12. The van der Waals surface area contributed by atoms with Gasteiger partial charge in [0.1, 0.15) is 23.3 Å². The quantitative estimate of drug-likeness (QED) is 0.287. The number of aromatic nitrogens is 2. The van der Waals surface area contributed by atoms with Gasteiger partial charge in [0.2, 0.25) is 0 Å². The first kappa shape index (κ1) is 24.2.